The molecule has 0 radical (unpaired) electrons. The zero-order valence-corrected chi connectivity index (χ0v) is 9.45. The third kappa shape index (κ3) is 3.30. The number of primary amides is 1. The van der Waals surface area contributed by atoms with Crippen molar-refractivity contribution >= 4 is 15.9 Å². The second kappa shape index (κ2) is 5.06. The van der Waals surface area contributed by atoms with Gasteiger partial charge >= 0.3 is 0 Å². The molecule has 1 aromatic rings. The summed E-state index contributed by atoms with van der Waals surface area (Å²) in [5, 5.41) is 0. The molecule has 0 unspecified atom stereocenters. The summed E-state index contributed by atoms with van der Waals surface area (Å²) in [6, 6.07) is 6.40. The van der Waals surface area contributed by atoms with Gasteiger partial charge in [-0.05, 0) is 18.6 Å². The first-order valence-electron chi connectivity index (χ1n) is 4.41. The van der Waals surface area contributed by atoms with Gasteiger partial charge < -0.3 is 5.73 Å². The van der Waals surface area contributed by atoms with Gasteiger partial charge in [-0.3, -0.25) is 9.63 Å². The summed E-state index contributed by atoms with van der Waals surface area (Å²) in [7, 11) is -3.77. The maximum Gasteiger partial charge on any atom is 0.262 e. The molecule has 1 aromatic carbocycles. The van der Waals surface area contributed by atoms with Crippen molar-refractivity contribution in [3.63, 3.8) is 0 Å². The van der Waals surface area contributed by atoms with Gasteiger partial charge in [-0.15, -0.1) is 0 Å². The van der Waals surface area contributed by atoms with E-state index in [1.54, 1.807) is 25.1 Å². The van der Waals surface area contributed by atoms with Gasteiger partial charge in [0.25, 0.3) is 10.0 Å². The van der Waals surface area contributed by atoms with Crippen LogP contribution in [-0.4, -0.2) is 20.9 Å². The summed E-state index contributed by atoms with van der Waals surface area (Å²) >= 11 is 0. The number of nitrogens with two attached hydrogens (primary N) is 1. The van der Waals surface area contributed by atoms with Crippen LogP contribution in [0.15, 0.2) is 29.2 Å². The number of carbonyl (C=O) groups is 1. The molecule has 0 aromatic heterocycles. The molecule has 0 heterocycles. The van der Waals surface area contributed by atoms with Gasteiger partial charge in [0.2, 0.25) is 5.91 Å². The Kier molecular flexibility index (Phi) is 3.99. The van der Waals surface area contributed by atoms with Crippen molar-refractivity contribution in [2.75, 3.05) is 6.61 Å². The molecule has 0 fully saturated rings. The zero-order valence-electron chi connectivity index (χ0n) is 8.64. The van der Waals surface area contributed by atoms with Crippen LogP contribution >= 0.6 is 0 Å². The molecule has 6 nitrogen and oxygen atoms in total. The molecule has 88 valence electrons. The monoisotopic (exact) mass is 244 g/mol. The molecule has 16 heavy (non-hydrogen) atoms. The van der Waals surface area contributed by atoms with Crippen molar-refractivity contribution in [2.24, 2.45) is 5.73 Å². The van der Waals surface area contributed by atoms with Crippen LogP contribution in [0.1, 0.15) is 5.56 Å². The molecular formula is C9H12N2O4S. The smallest absolute Gasteiger partial charge is 0.262 e. The Morgan fingerprint density at radius 3 is 2.62 bits per heavy atom. The molecule has 0 bridgehead atoms. The quantitative estimate of drug-likeness (QED) is 0.694. The number of nitrogens with one attached hydrogen (secondary N) is 1. The van der Waals surface area contributed by atoms with Gasteiger partial charge in [0.15, 0.2) is 0 Å². The molecule has 0 aliphatic rings. The van der Waals surface area contributed by atoms with E-state index < -0.39 is 22.5 Å². The van der Waals surface area contributed by atoms with Crippen LogP contribution in [0.5, 0.6) is 0 Å². The maximum absolute atomic E-state index is 11.6. The Balaban J connectivity index is 2.79. The number of rotatable bonds is 5. The average Bonchev–Trinajstić information content (AvgIpc) is 2.17. The van der Waals surface area contributed by atoms with E-state index in [1.807, 2.05) is 4.89 Å². The van der Waals surface area contributed by atoms with Gasteiger partial charge in [-0.1, -0.05) is 23.1 Å². The second-order valence-corrected chi connectivity index (χ2v) is 4.72. The summed E-state index contributed by atoms with van der Waals surface area (Å²) in [6.45, 7) is 1.15. The Morgan fingerprint density at radius 1 is 1.44 bits per heavy atom. The zero-order chi connectivity index (χ0) is 12.2. The van der Waals surface area contributed by atoms with E-state index >= 15 is 0 Å². The Bertz CT molecular complexity index is 484. The van der Waals surface area contributed by atoms with Gasteiger partial charge in [0, 0.05) is 0 Å². The third-order valence-corrected chi connectivity index (χ3v) is 3.14. The molecule has 7 heteroatoms. The number of hydrogen-bond acceptors (Lipinski definition) is 4. The van der Waals surface area contributed by atoms with Crippen LogP contribution in [0, 0.1) is 6.92 Å². The minimum Gasteiger partial charge on any atom is -0.368 e. The van der Waals surface area contributed by atoms with Gasteiger partial charge in [0.05, 0.1) is 4.90 Å². The number of carbonyl (C=O) groups excluding carboxylic acids is 1. The Labute approximate surface area is 93.4 Å². The van der Waals surface area contributed by atoms with Crippen LogP contribution in [0.2, 0.25) is 0 Å². The van der Waals surface area contributed by atoms with Gasteiger partial charge in [-0.2, -0.15) is 0 Å². The fourth-order valence-corrected chi connectivity index (χ4v) is 2.13. The SMILES string of the molecule is Cc1ccccc1S(=O)(=O)NOCC(N)=O. The van der Waals surface area contributed by atoms with Crippen molar-refractivity contribution < 1.29 is 18.0 Å². The molecule has 0 saturated heterocycles. The number of aryl methyl sites for hydroxylation is 1. The average molecular weight is 244 g/mol. The molecule has 0 atom stereocenters. The van der Waals surface area contributed by atoms with Crippen LogP contribution in [0.25, 0.3) is 0 Å². The van der Waals surface area contributed by atoms with Crippen molar-refractivity contribution in [3.05, 3.63) is 29.8 Å². The fraction of sp³-hybridized carbons (Fsp3) is 0.222. The first-order chi connectivity index (χ1) is 7.43. The lowest BCUT2D eigenvalue weighted by molar-refractivity contribution is -0.123. The number of benzene rings is 1. The van der Waals surface area contributed by atoms with Crippen LogP contribution < -0.4 is 10.6 Å². The van der Waals surface area contributed by atoms with E-state index in [0.717, 1.165) is 0 Å². The lowest BCUT2D eigenvalue weighted by Gasteiger charge is -2.07. The molecule has 1 rings (SSSR count). The minimum absolute atomic E-state index is 0.0967. The molecule has 0 saturated carbocycles. The Morgan fingerprint density at radius 2 is 2.06 bits per heavy atom. The number of amides is 1. The largest absolute Gasteiger partial charge is 0.368 e. The molecule has 0 aliphatic carbocycles. The third-order valence-electron chi connectivity index (χ3n) is 1.77. The summed E-state index contributed by atoms with van der Waals surface area (Å²) in [6.07, 6.45) is 0. The van der Waals surface area contributed by atoms with Gasteiger partial charge in [-0.25, -0.2) is 8.42 Å². The van der Waals surface area contributed by atoms with E-state index in [4.69, 9.17) is 5.73 Å². The lowest BCUT2D eigenvalue weighted by Crippen LogP contribution is -2.29. The Hall–Kier alpha value is -1.44. The lowest BCUT2D eigenvalue weighted by atomic mass is 10.2. The first kappa shape index (κ1) is 12.6. The molecular weight excluding hydrogens is 232 g/mol. The van der Waals surface area contributed by atoms with Crippen molar-refractivity contribution in [2.45, 2.75) is 11.8 Å². The maximum atomic E-state index is 11.6. The molecule has 0 spiro atoms. The molecule has 0 aliphatic heterocycles. The topological polar surface area (TPSA) is 98.5 Å². The number of sulfonamides is 1. The standard InChI is InChI=1S/C9H12N2O4S/c1-7-4-2-3-5-8(7)16(13,14)11-15-6-9(10)12/h2-5,11H,6H2,1H3,(H2,10,12). The highest BCUT2D eigenvalue weighted by Gasteiger charge is 2.16. The molecule has 1 amide bonds. The van der Waals surface area contributed by atoms with Crippen LogP contribution in [0.3, 0.4) is 0 Å². The highest BCUT2D eigenvalue weighted by atomic mass is 32.2. The summed E-state index contributed by atoms with van der Waals surface area (Å²) < 4.78 is 23.3. The molecule has 3 N–H and O–H groups in total. The fourth-order valence-electron chi connectivity index (χ4n) is 1.08. The van der Waals surface area contributed by atoms with Crippen LogP contribution in [0.4, 0.5) is 0 Å². The normalized spacial score (nSPS) is 11.3. The van der Waals surface area contributed by atoms with E-state index in [1.165, 1.54) is 6.07 Å². The highest BCUT2D eigenvalue weighted by molar-refractivity contribution is 7.89. The van der Waals surface area contributed by atoms with Crippen molar-refractivity contribution in [1.29, 1.82) is 0 Å². The summed E-state index contributed by atoms with van der Waals surface area (Å²) in [4.78, 5) is 16.7. The predicted octanol–water partition coefficient (Wildman–Crippen LogP) is -0.310. The van der Waals surface area contributed by atoms with Crippen LogP contribution in [-0.2, 0) is 19.7 Å². The van der Waals surface area contributed by atoms with E-state index in [-0.39, 0.29) is 4.90 Å². The highest BCUT2D eigenvalue weighted by Crippen LogP contribution is 2.13. The summed E-state index contributed by atoms with van der Waals surface area (Å²) in [5.41, 5.74) is 5.37. The van der Waals surface area contributed by atoms with Gasteiger partial charge in [0.1, 0.15) is 6.61 Å². The minimum atomic E-state index is -3.77. The van der Waals surface area contributed by atoms with Crippen molar-refractivity contribution in [1.82, 2.24) is 4.89 Å². The second-order valence-electron chi connectivity index (χ2n) is 3.11. The van der Waals surface area contributed by atoms with E-state index in [9.17, 15) is 13.2 Å². The first-order valence-corrected chi connectivity index (χ1v) is 5.89. The van der Waals surface area contributed by atoms with E-state index in [2.05, 4.69) is 4.84 Å². The number of hydrogen-bond donors (Lipinski definition) is 2. The van der Waals surface area contributed by atoms with Crippen molar-refractivity contribution in [3.8, 4) is 0 Å². The van der Waals surface area contributed by atoms with E-state index in [0.29, 0.717) is 5.56 Å². The predicted molar refractivity (Wildman–Crippen MR) is 56.6 cm³/mol. The summed E-state index contributed by atoms with van der Waals surface area (Å²) in [5.74, 6) is -0.757.